The molecule has 5 rings (SSSR count). The standard InChI is InChI=1S/C27H25N5O3/c1-3-23-30-31-26-25(29-27(33)35-17-18-9-5-4-6-10-18)28-24(19-13-15-20(34-2)16-14-19)21-11-7-8-12-22(21)32(23)26/h4-16,25H,3,17H2,1-2H3,(H,29,33). The Labute approximate surface area is 203 Å². The summed E-state index contributed by atoms with van der Waals surface area (Å²) in [5.74, 6) is 2.05. The van der Waals surface area contributed by atoms with Crippen molar-refractivity contribution in [3.05, 3.63) is 107 Å². The summed E-state index contributed by atoms with van der Waals surface area (Å²) in [5.41, 5.74) is 4.33. The number of fused-ring (bicyclic) bond motifs is 3. The van der Waals surface area contributed by atoms with Crippen molar-refractivity contribution < 1.29 is 14.3 Å². The fourth-order valence-corrected chi connectivity index (χ4v) is 4.08. The Hall–Kier alpha value is -4.46. The molecule has 176 valence electrons. The predicted molar refractivity (Wildman–Crippen MR) is 132 cm³/mol. The van der Waals surface area contributed by atoms with Crippen molar-refractivity contribution in [2.45, 2.75) is 26.1 Å². The van der Waals surface area contributed by atoms with Crippen LogP contribution in [0.3, 0.4) is 0 Å². The summed E-state index contributed by atoms with van der Waals surface area (Å²) in [4.78, 5) is 17.8. The van der Waals surface area contributed by atoms with Crippen molar-refractivity contribution in [2.24, 2.45) is 4.99 Å². The molecule has 1 aromatic heterocycles. The van der Waals surface area contributed by atoms with E-state index < -0.39 is 12.3 Å². The minimum Gasteiger partial charge on any atom is -0.497 e. The van der Waals surface area contributed by atoms with Crippen LogP contribution in [0.15, 0.2) is 83.9 Å². The fraction of sp³-hybridized carbons (Fsp3) is 0.185. The van der Waals surface area contributed by atoms with Gasteiger partial charge >= 0.3 is 6.09 Å². The zero-order valence-electron chi connectivity index (χ0n) is 19.5. The van der Waals surface area contributed by atoms with E-state index in [1.54, 1.807) is 7.11 Å². The largest absolute Gasteiger partial charge is 0.497 e. The monoisotopic (exact) mass is 467 g/mol. The minimum atomic E-state index is -0.796. The third-order valence-corrected chi connectivity index (χ3v) is 5.80. The minimum absolute atomic E-state index is 0.154. The Balaban J connectivity index is 1.55. The quantitative estimate of drug-likeness (QED) is 0.447. The molecule has 1 N–H and O–H groups in total. The highest BCUT2D eigenvalue weighted by molar-refractivity contribution is 6.15. The van der Waals surface area contributed by atoms with Crippen LogP contribution in [-0.2, 0) is 17.8 Å². The molecule has 0 spiro atoms. The van der Waals surface area contributed by atoms with E-state index in [0.717, 1.165) is 39.7 Å². The van der Waals surface area contributed by atoms with Crippen molar-refractivity contribution >= 4 is 11.8 Å². The maximum atomic E-state index is 12.8. The lowest BCUT2D eigenvalue weighted by atomic mass is 10.0. The second-order valence-corrected chi connectivity index (χ2v) is 8.00. The van der Waals surface area contributed by atoms with Gasteiger partial charge < -0.3 is 9.47 Å². The van der Waals surface area contributed by atoms with Crippen LogP contribution in [0.5, 0.6) is 5.75 Å². The van der Waals surface area contributed by atoms with Crippen molar-refractivity contribution in [2.75, 3.05) is 7.11 Å². The zero-order valence-corrected chi connectivity index (χ0v) is 19.5. The lowest BCUT2D eigenvalue weighted by Gasteiger charge is -2.15. The van der Waals surface area contributed by atoms with E-state index in [-0.39, 0.29) is 6.61 Å². The summed E-state index contributed by atoms with van der Waals surface area (Å²) < 4.78 is 12.8. The maximum Gasteiger partial charge on any atom is 0.409 e. The van der Waals surface area contributed by atoms with Gasteiger partial charge in [-0.05, 0) is 35.9 Å². The zero-order chi connectivity index (χ0) is 24.2. The van der Waals surface area contributed by atoms with E-state index in [1.807, 2.05) is 90.4 Å². The number of carbonyl (C=O) groups is 1. The molecule has 8 heteroatoms. The van der Waals surface area contributed by atoms with Crippen LogP contribution < -0.4 is 10.1 Å². The van der Waals surface area contributed by atoms with Gasteiger partial charge in [0.25, 0.3) is 0 Å². The summed E-state index contributed by atoms with van der Waals surface area (Å²) >= 11 is 0. The topological polar surface area (TPSA) is 90.6 Å². The maximum absolute atomic E-state index is 12.8. The predicted octanol–water partition coefficient (Wildman–Crippen LogP) is 4.61. The van der Waals surface area contributed by atoms with Gasteiger partial charge in [0, 0.05) is 17.5 Å². The van der Waals surface area contributed by atoms with Crippen LogP contribution in [0, 0.1) is 0 Å². The molecular weight excluding hydrogens is 442 g/mol. The Kier molecular flexibility index (Phi) is 6.26. The van der Waals surface area contributed by atoms with Crippen molar-refractivity contribution in [3.8, 4) is 11.4 Å². The number of nitrogens with zero attached hydrogens (tertiary/aromatic N) is 4. The first-order valence-corrected chi connectivity index (χ1v) is 11.4. The van der Waals surface area contributed by atoms with Crippen LogP contribution in [-0.4, -0.2) is 33.7 Å². The number of carbonyl (C=O) groups excluding carboxylic acids is 1. The van der Waals surface area contributed by atoms with E-state index >= 15 is 0 Å². The van der Waals surface area contributed by atoms with Crippen LogP contribution in [0.25, 0.3) is 5.69 Å². The van der Waals surface area contributed by atoms with Gasteiger partial charge in [-0.25, -0.2) is 4.79 Å². The molecule has 1 aliphatic heterocycles. The second-order valence-electron chi connectivity index (χ2n) is 8.00. The molecule has 0 aliphatic carbocycles. The lowest BCUT2D eigenvalue weighted by Crippen LogP contribution is -2.30. The Bertz CT molecular complexity index is 1360. The highest BCUT2D eigenvalue weighted by atomic mass is 16.5. The Morgan fingerprint density at radius 2 is 1.71 bits per heavy atom. The van der Waals surface area contributed by atoms with Gasteiger partial charge in [0.2, 0.25) is 0 Å². The number of hydrogen-bond acceptors (Lipinski definition) is 6. The highest BCUT2D eigenvalue weighted by Gasteiger charge is 2.29. The normalized spacial score (nSPS) is 14.2. The van der Waals surface area contributed by atoms with Crippen LogP contribution >= 0.6 is 0 Å². The molecule has 4 aromatic rings. The molecule has 8 nitrogen and oxygen atoms in total. The van der Waals surface area contributed by atoms with Gasteiger partial charge in [-0.2, -0.15) is 0 Å². The molecule has 0 fully saturated rings. The molecule has 0 saturated heterocycles. The molecule has 0 radical (unpaired) electrons. The molecule has 1 atom stereocenters. The molecule has 2 heterocycles. The average Bonchev–Trinajstić information content (AvgIpc) is 3.29. The molecule has 1 amide bonds. The van der Waals surface area contributed by atoms with E-state index in [9.17, 15) is 4.79 Å². The smallest absolute Gasteiger partial charge is 0.409 e. The number of hydrogen-bond donors (Lipinski definition) is 1. The van der Waals surface area contributed by atoms with Gasteiger partial charge in [-0.3, -0.25) is 14.9 Å². The number of aryl methyl sites for hydroxylation is 1. The molecule has 3 aromatic carbocycles. The molecule has 0 bridgehead atoms. The molecule has 35 heavy (non-hydrogen) atoms. The number of amides is 1. The van der Waals surface area contributed by atoms with Crippen LogP contribution in [0.2, 0.25) is 0 Å². The number of benzene rings is 3. The molecule has 1 unspecified atom stereocenters. The third-order valence-electron chi connectivity index (χ3n) is 5.80. The van der Waals surface area contributed by atoms with E-state index in [2.05, 4.69) is 15.5 Å². The summed E-state index contributed by atoms with van der Waals surface area (Å²) in [6, 6.07) is 25.2. The molecular formula is C27H25N5O3. The Morgan fingerprint density at radius 3 is 2.46 bits per heavy atom. The van der Waals surface area contributed by atoms with Crippen molar-refractivity contribution in [3.63, 3.8) is 0 Å². The Morgan fingerprint density at radius 1 is 0.971 bits per heavy atom. The van der Waals surface area contributed by atoms with Crippen molar-refractivity contribution in [1.29, 1.82) is 0 Å². The van der Waals surface area contributed by atoms with E-state index in [0.29, 0.717) is 12.2 Å². The number of para-hydroxylation sites is 1. The average molecular weight is 468 g/mol. The number of rotatable bonds is 6. The third kappa shape index (κ3) is 4.50. The summed E-state index contributed by atoms with van der Waals surface area (Å²) in [5, 5.41) is 11.7. The van der Waals surface area contributed by atoms with Gasteiger partial charge in [-0.1, -0.05) is 55.5 Å². The second kappa shape index (κ2) is 9.80. The molecule has 1 aliphatic rings. The first kappa shape index (κ1) is 22.3. The summed E-state index contributed by atoms with van der Waals surface area (Å²) in [6.07, 6.45) is -0.712. The summed E-state index contributed by atoms with van der Waals surface area (Å²) in [6.45, 7) is 2.17. The number of nitrogens with one attached hydrogen (secondary N) is 1. The number of aromatic nitrogens is 3. The van der Waals surface area contributed by atoms with Gasteiger partial charge in [0.15, 0.2) is 12.0 Å². The van der Waals surface area contributed by atoms with Crippen molar-refractivity contribution in [1.82, 2.24) is 20.1 Å². The number of methoxy groups -OCH3 is 1. The number of ether oxygens (including phenoxy) is 2. The van der Waals surface area contributed by atoms with Crippen LogP contribution in [0.1, 0.15) is 41.4 Å². The van der Waals surface area contributed by atoms with Crippen LogP contribution in [0.4, 0.5) is 4.79 Å². The van der Waals surface area contributed by atoms with E-state index in [4.69, 9.17) is 14.5 Å². The first-order valence-electron chi connectivity index (χ1n) is 11.4. The SMILES string of the molecule is CCc1nnc2n1-c1ccccc1C(c1ccc(OC)cc1)=NC2NC(=O)OCc1ccccc1. The highest BCUT2D eigenvalue weighted by Crippen LogP contribution is 2.30. The number of aliphatic imine (C=N–C) groups is 1. The van der Waals surface area contributed by atoms with Gasteiger partial charge in [-0.15, -0.1) is 10.2 Å². The summed E-state index contributed by atoms with van der Waals surface area (Å²) in [7, 11) is 1.63. The number of alkyl carbamates (subject to hydrolysis) is 1. The fourth-order valence-electron chi connectivity index (χ4n) is 4.08. The van der Waals surface area contributed by atoms with E-state index in [1.165, 1.54) is 0 Å². The van der Waals surface area contributed by atoms with Gasteiger partial charge in [0.05, 0.1) is 18.5 Å². The van der Waals surface area contributed by atoms with Gasteiger partial charge in [0.1, 0.15) is 18.2 Å². The lowest BCUT2D eigenvalue weighted by molar-refractivity contribution is 0.135. The first-order chi connectivity index (χ1) is 17.2. The molecule has 0 saturated carbocycles.